The second kappa shape index (κ2) is 6.89. The summed E-state index contributed by atoms with van der Waals surface area (Å²) in [5.74, 6) is -0.683. The average Bonchev–Trinajstić information content (AvgIpc) is 2.10. The van der Waals surface area contributed by atoms with Crippen molar-refractivity contribution in [2.45, 2.75) is 52.1 Å². The molecule has 0 bridgehead atoms. The summed E-state index contributed by atoms with van der Waals surface area (Å²) < 4.78 is 0. The van der Waals surface area contributed by atoms with Gasteiger partial charge in [-0.15, -0.1) is 0 Å². The zero-order valence-electron chi connectivity index (χ0n) is 8.49. The Morgan fingerprint density at radius 2 is 2.00 bits per heavy atom. The molecule has 0 saturated carbocycles. The van der Waals surface area contributed by atoms with Crippen LogP contribution in [0.1, 0.15) is 46.0 Å². The first-order valence-corrected chi connectivity index (χ1v) is 4.97. The topological polar surface area (TPSA) is 57.5 Å². The van der Waals surface area contributed by atoms with E-state index in [1.54, 1.807) is 0 Å². The predicted molar refractivity (Wildman–Crippen MR) is 51.6 cm³/mol. The van der Waals surface area contributed by atoms with Gasteiger partial charge in [-0.05, 0) is 18.8 Å². The van der Waals surface area contributed by atoms with E-state index in [4.69, 9.17) is 5.11 Å². The summed E-state index contributed by atoms with van der Waals surface area (Å²) in [4.78, 5) is 10.3. The molecule has 0 aliphatic rings. The molecule has 0 amide bonds. The molecule has 0 fully saturated rings. The monoisotopic (exact) mass is 188 g/mol. The fourth-order valence-corrected chi connectivity index (χ4v) is 1.24. The number of unbranched alkanes of at least 4 members (excludes halogenated alkanes) is 1. The van der Waals surface area contributed by atoms with E-state index in [9.17, 15) is 9.90 Å². The Kier molecular flexibility index (Phi) is 6.59. The van der Waals surface area contributed by atoms with Crippen LogP contribution in [0.2, 0.25) is 0 Å². The van der Waals surface area contributed by atoms with E-state index in [0.29, 0.717) is 6.42 Å². The first-order valence-electron chi connectivity index (χ1n) is 4.97. The molecule has 0 heterocycles. The van der Waals surface area contributed by atoms with Gasteiger partial charge < -0.3 is 10.2 Å². The molecule has 78 valence electrons. The quantitative estimate of drug-likeness (QED) is 0.642. The molecule has 0 saturated heterocycles. The van der Waals surface area contributed by atoms with Crippen molar-refractivity contribution < 1.29 is 15.0 Å². The molecule has 0 aromatic heterocycles. The van der Waals surface area contributed by atoms with Crippen molar-refractivity contribution in [1.29, 1.82) is 0 Å². The molecular weight excluding hydrogens is 168 g/mol. The van der Waals surface area contributed by atoms with Crippen LogP contribution in [-0.2, 0) is 4.79 Å². The van der Waals surface area contributed by atoms with Crippen molar-refractivity contribution in [3.63, 3.8) is 0 Å². The van der Waals surface area contributed by atoms with Gasteiger partial charge in [0.05, 0.1) is 6.10 Å². The number of hydrogen-bond acceptors (Lipinski definition) is 2. The highest BCUT2D eigenvalue weighted by molar-refractivity contribution is 5.66. The van der Waals surface area contributed by atoms with Crippen LogP contribution < -0.4 is 0 Å². The molecule has 0 radical (unpaired) electrons. The predicted octanol–water partition coefficient (Wildman–Crippen LogP) is 2.04. The Morgan fingerprint density at radius 1 is 1.38 bits per heavy atom. The molecule has 0 unspecified atom stereocenters. The van der Waals surface area contributed by atoms with Crippen LogP contribution in [0, 0.1) is 5.92 Å². The van der Waals surface area contributed by atoms with Gasteiger partial charge in [0.15, 0.2) is 0 Å². The summed E-state index contributed by atoms with van der Waals surface area (Å²) in [6.07, 6.45) is 3.27. The van der Waals surface area contributed by atoms with Crippen molar-refractivity contribution in [1.82, 2.24) is 0 Å². The Labute approximate surface area is 79.8 Å². The lowest BCUT2D eigenvalue weighted by Crippen LogP contribution is -2.18. The maximum absolute atomic E-state index is 10.3. The Balaban J connectivity index is 3.56. The summed E-state index contributed by atoms with van der Waals surface area (Å²) in [5.41, 5.74) is 0. The van der Waals surface area contributed by atoms with Gasteiger partial charge in [-0.2, -0.15) is 0 Å². The first-order chi connectivity index (χ1) is 6.07. The summed E-state index contributed by atoms with van der Waals surface area (Å²) in [7, 11) is 0. The van der Waals surface area contributed by atoms with Crippen LogP contribution in [0.15, 0.2) is 0 Å². The molecule has 3 nitrogen and oxygen atoms in total. The van der Waals surface area contributed by atoms with Crippen LogP contribution in [0.25, 0.3) is 0 Å². The molecule has 0 aromatic rings. The molecule has 0 aliphatic carbocycles. The maximum Gasteiger partial charge on any atom is 0.303 e. The zero-order chi connectivity index (χ0) is 10.3. The first kappa shape index (κ1) is 12.4. The van der Waals surface area contributed by atoms with Gasteiger partial charge in [-0.3, -0.25) is 4.79 Å². The van der Waals surface area contributed by atoms with Crippen molar-refractivity contribution >= 4 is 5.97 Å². The largest absolute Gasteiger partial charge is 0.481 e. The molecular formula is C10H20O3. The van der Waals surface area contributed by atoms with Crippen molar-refractivity contribution in [3.8, 4) is 0 Å². The van der Waals surface area contributed by atoms with Gasteiger partial charge in [0, 0.05) is 6.42 Å². The van der Waals surface area contributed by atoms with Crippen LogP contribution >= 0.6 is 0 Å². The second-order valence-electron chi connectivity index (χ2n) is 3.62. The molecule has 2 atom stereocenters. The van der Waals surface area contributed by atoms with Gasteiger partial charge in [-0.25, -0.2) is 0 Å². The van der Waals surface area contributed by atoms with Gasteiger partial charge in [-0.1, -0.05) is 26.7 Å². The normalized spacial score (nSPS) is 15.3. The lowest BCUT2D eigenvalue weighted by atomic mass is 9.95. The minimum atomic E-state index is -0.783. The van der Waals surface area contributed by atoms with E-state index in [-0.39, 0.29) is 18.4 Å². The van der Waals surface area contributed by atoms with Gasteiger partial charge in [0.2, 0.25) is 0 Å². The van der Waals surface area contributed by atoms with Crippen LogP contribution in [0.5, 0.6) is 0 Å². The van der Waals surface area contributed by atoms with Crippen LogP contribution in [0.4, 0.5) is 0 Å². The molecule has 13 heavy (non-hydrogen) atoms. The fraction of sp³-hybridized carbons (Fsp3) is 0.900. The number of carboxylic acid groups (broad SMARTS) is 1. The van der Waals surface area contributed by atoms with Crippen LogP contribution in [-0.4, -0.2) is 22.3 Å². The van der Waals surface area contributed by atoms with E-state index in [1.807, 2.05) is 6.92 Å². The van der Waals surface area contributed by atoms with Gasteiger partial charge >= 0.3 is 5.97 Å². The average molecular weight is 188 g/mol. The molecule has 0 spiro atoms. The van der Waals surface area contributed by atoms with Crippen LogP contribution in [0.3, 0.4) is 0 Å². The zero-order valence-corrected chi connectivity index (χ0v) is 8.49. The number of aliphatic hydroxyl groups excluding tert-OH is 1. The third kappa shape index (κ3) is 6.58. The highest BCUT2D eigenvalue weighted by atomic mass is 16.4. The van der Waals surface area contributed by atoms with E-state index in [0.717, 1.165) is 19.3 Å². The summed E-state index contributed by atoms with van der Waals surface area (Å²) in [5, 5.41) is 18.0. The number of carboxylic acids is 1. The third-order valence-electron chi connectivity index (χ3n) is 2.32. The van der Waals surface area contributed by atoms with E-state index in [1.165, 1.54) is 0 Å². The maximum atomic E-state index is 10.3. The number of aliphatic hydroxyl groups is 1. The summed E-state index contributed by atoms with van der Waals surface area (Å²) in [6.45, 7) is 3.98. The lowest BCUT2D eigenvalue weighted by molar-refractivity contribution is -0.137. The van der Waals surface area contributed by atoms with Crippen molar-refractivity contribution in [2.24, 2.45) is 5.92 Å². The van der Waals surface area contributed by atoms with Crippen molar-refractivity contribution in [3.05, 3.63) is 0 Å². The molecule has 0 aliphatic heterocycles. The highest BCUT2D eigenvalue weighted by Crippen LogP contribution is 2.15. The van der Waals surface area contributed by atoms with E-state index < -0.39 is 5.97 Å². The Morgan fingerprint density at radius 3 is 2.46 bits per heavy atom. The van der Waals surface area contributed by atoms with E-state index in [2.05, 4.69) is 6.92 Å². The standard InChI is InChI=1S/C10H20O3/c1-3-4-5-9(11)8(2)6-7-10(12)13/h8-9,11H,3-7H2,1-2H3,(H,12,13)/t8-,9-/m1/s1. The number of aliphatic carboxylic acids is 1. The van der Waals surface area contributed by atoms with E-state index >= 15 is 0 Å². The molecule has 0 rings (SSSR count). The third-order valence-corrected chi connectivity index (χ3v) is 2.32. The second-order valence-corrected chi connectivity index (χ2v) is 3.62. The SMILES string of the molecule is CCCC[C@@H](O)[C@H](C)CCC(=O)O. The lowest BCUT2D eigenvalue weighted by Gasteiger charge is -2.17. The summed E-state index contributed by atoms with van der Waals surface area (Å²) in [6, 6.07) is 0. The molecule has 3 heteroatoms. The highest BCUT2D eigenvalue weighted by Gasteiger charge is 2.14. The van der Waals surface area contributed by atoms with Crippen molar-refractivity contribution in [2.75, 3.05) is 0 Å². The minimum absolute atomic E-state index is 0.0997. The summed E-state index contributed by atoms with van der Waals surface area (Å²) >= 11 is 0. The van der Waals surface area contributed by atoms with Gasteiger partial charge in [0.1, 0.15) is 0 Å². The Bertz CT molecular complexity index is 145. The minimum Gasteiger partial charge on any atom is -0.481 e. The Hall–Kier alpha value is -0.570. The number of carbonyl (C=O) groups is 1. The smallest absolute Gasteiger partial charge is 0.303 e. The molecule has 2 N–H and O–H groups in total. The fourth-order valence-electron chi connectivity index (χ4n) is 1.24. The number of hydrogen-bond donors (Lipinski definition) is 2. The van der Waals surface area contributed by atoms with Gasteiger partial charge in [0.25, 0.3) is 0 Å². The molecule has 0 aromatic carbocycles. The number of rotatable bonds is 7.